The highest BCUT2D eigenvalue weighted by Crippen LogP contribution is 2.12. The van der Waals surface area contributed by atoms with Crippen LogP contribution in [-0.4, -0.2) is 32.9 Å². The molecule has 0 aliphatic rings. The number of hydrogen-bond acceptors (Lipinski definition) is 2. The van der Waals surface area contributed by atoms with E-state index in [9.17, 15) is 9.00 Å². The molecule has 0 aromatic heterocycles. The molecule has 0 aliphatic carbocycles. The summed E-state index contributed by atoms with van der Waals surface area (Å²) in [6, 6.07) is 6.44. The fraction of sp³-hybridized carbons (Fsp3) is 0.588. The Bertz CT molecular complexity index is 495. The van der Waals surface area contributed by atoms with E-state index in [1.165, 1.54) is 11.1 Å². The average Bonchev–Trinajstić information content (AvgIpc) is 2.24. The normalized spacial score (nSPS) is 12.8. The third-order valence-corrected chi connectivity index (χ3v) is 4.52. The van der Waals surface area contributed by atoms with Gasteiger partial charge in [0.15, 0.2) is 0 Å². The molecular weight excluding hydrogens is 282 g/mol. The number of rotatable bonds is 6. The molecule has 118 valence electrons. The third-order valence-electron chi connectivity index (χ3n) is 3.29. The van der Waals surface area contributed by atoms with Gasteiger partial charge in [0.1, 0.15) is 5.75 Å². The molecule has 0 aliphatic heterocycles. The van der Waals surface area contributed by atoms with Gasteiger partial charge < -0.3 is 4.90 Å². The van der Waals surface area contributed by atoms with Gasteiger partial charge in [-0.2, -0.15) is 0 Å². The highest BCUT2D eigenvalue weighted by molar-refractivity contribution is 7.84. The van der Waals surface area contributed by atoms with Crippen LogP contribution in [0.3, 0.4) is 0 Å². The largest absolute Gasteiger partial charge is 0.337 e. The Morgan fingerprint density at radius 1 is 1.05 bits per heavy atom. The summed E-state index contributed by atoms with van der Waals surface area (Å²) in [4.78, 5) is 14.1. The summed E-state index contributed by atoms with van der Waals surface area (Å²) in [7, 11) is -1.16. The van der Waals surface area contributed by atoms with Gasteiger partial charge in [0.05, 0.1) is 0 Å². The van der Waals surface area contributed by atoms with Crippen LogP contribution in [0.2, 0.25) is 0 Å². The van der Waals surface area contributed by atoms with Gasteiger partial charge in [0, 0.05) is 28.6 Å². The summed E-state index contributed by atoms with van der Waals surface area (Å²) < 4.78 is 12.3. The van der Waals surface area contributed by atoms with Gasteiger partial charge in [-0.15, -0.1) is 0 Å². The van der Waals surface area contributed by atoms with Crippen LogP contribution < -0.4 is 0 Å². The first-order valence-corrected chi connectivity index (χ1v) is 8.92. The van der Waals surface area contributed by atoms with E-state index in [1.807, 2.05) is 53.7 Å². The maximum atomic E-state index is 12.3. The van der Waals surface area contributed by atoms with Crippen LogP contribution in [0.4, 0.5) is 0 Å². The zero-order valence-electron chi connectivity index (χ0n) is 14.0. The summed E-state index contributed by atoms with van der Waals surface area (Å²) >= 11 is 0. The molecule has 0 radical (unpaired) electrons. The van der Waals surface area contributed by atoms with Gasteiger partial charge in [-0.05, 0) is 47.1 Å². The molecule has 1 amide bonds. The maximum absolute atomic E-state index is 12.3. The lowest BCUT2D eigenvalue weighted by Crippen LogP contribution is -2.44. The summed E-state index contributed by atoms with van der Waals surface area (Å²) in [5.41, 5.74) is 3.37. The monoisotopic (exact) mass is 309 g/mol. The topological polar surface area (TPSA) is 37.4 Å². The van der Waals surface area contributed by atoms with Crippen LogP contribution in [0.15, 0.2) is 18.2 Å². The standard InChI is InChI=1S/C17H27NO2S/c1-12(2)18(13(3)4)17(19)11-21(20)10-16-8-14(5)7-15(6)9-16/h7-9,12-13H,10-11H2,1-6H3. The van der Waals surface area contributed by atoms with Crippen molar-refractivity contribution >= 4 is 16.7 Å². The van der Waals surface area contributed by atoms with Gasteiger partial charge in [0.2, 0.25) is 5.91 Å². The van der Waals surface area contributed by atoms with E-state index in [4.69, 9.17) is 0 Å². The number of hydrogen-bond donors (Lipinski definition) is 0. The van der Waals surface area contributed by atoms with Crippen molar-refractivity contribution in [3.63, 3.8) is 0 Å². The maximum Gasteiger partial charge on any atom is 0.235 e. The molecule has 4 heteroatoms. The molecule has 21 heavy (non-hydrogen) atoms. The molecule has 1 rings (SSSR count). The van der Waals surface area contributed by atoms with Gasteiger partial charge in [0.25, 0.3) is 0 Å². The quantitative estimate of drug-likeness (QED) is 0.809. The second-order valence-electron chi connectivity index (χ2n) is 6.21. The summed E-state index contributed by atoms with van der Waals surface area (Å²) in [6.07, 6.45) is 0. The predicted octanol–water partition coefficient (Wildman–Crippen LogP) is 3.20. The molecule has 0 N–H and O–H groups in total. The van der Waals surface area contributed by atoms with E-state index < -0.39 is 10.8 Å². The van der Waals surface area contributed by atoms with Crippen LogP contribution in [0, 0.1) is 13.8 Å². The molecule has 0 heterocycles. The van der Waals surface area contributed by atoms with E-state index >= 15 is 0 Å². The number of aryl methyl sites for hydroxylation is 2. The van der Waals surface area contributed by atoms with Gasteiger partial charge in [-0.3, -0.25) is 9.00 Å². The number of amides is 1. The molecule has 1 unspecified atom stereocenters. The Hall–Kier alpha value is -1.16. The predicted molar refractivity (Wildman–Crippen MR) is 89.7 cm³/mol. The van der Waals surface area contributed by atoms with Crippen molar-refractivity contribution in [3.8, 4) is 0 Å². The first kappa shape index (κ1) is 17.9. The minimum absolute atomic E-state index is 0.0253. The highest BCUT2D eigenvalue weighted by Gasteiger charge is 2.21. The van der Waals surface area contributed by atoms with Crippen LogP contribution in [0.1, 0.15) is 44.4 Å². The Kier molecular flexibility index (Phi) is 6.59. The van der Waals surface area contributed by atoms with Crippen molar-refractivity contribution in [2.75, 3.05) is 5.75 Å². The number of nitrogens with zero attached hydrogens (tertiary/aromatic N) is 1. The molecule has 0 saturated carbocycles. The van der Waals surface area contributed by atoms with E-state index in [0.717, 1.165) is 5.56 Å². The zero-order chi connectivity index (χ0) is 16.2. The lowest BCUT2D eigenvalue weighted by atomic mass is 10.1. The number of carbonyl (C=O) groups excluding carboxylic acids is 1. The van der Waals surface area contributed by atoms with Gasteiger partial charge in [-0.1, -0.05) is 29.3 Å². The van der Waals surface area contributed by atoms with Crippen LogP contribution in [0.25, 0.3) is 0 Å². The number of benzene rings is 1. The van der Waals surface area contributed by atoms with Gasteiger partial charge in [-0.25, -0.2) is 0 Å². The van der Waals surface area contributed by atoms with Crippen LogP contribution >= 0.6 is 0 Å². The summed E-state index contributed by atoms with van der Waals surface area (Å²) in [5.74, 6) is 0.518. The van der Waals surface area contributed by atoms with Crippen molar-refractivity contribution in [1.82, 2.24) is 4.90 Å². The molecule has 0 spiro atoms. The summed E-state index contributed by atoms with van der Waals surface area (Å²) in [5, 5.41) is 0. The molecule has 0 saturated heterocycles. The smallest absolute Gasteiger partial charge is 0.235 e. The minimum atomic E-state index is -1.16. The zero-order valence-corrected chi connectivity index (χ0v) is 14.8. The van der Waals surface area contributed by atoms with E-state index in [-0.39, 0.29) is 23.7 Å². The molecule has 0 bridgehead atoms. The molecule has 1 aromatic rings. The van der Waals surface area contributed by atoms with Crippen molar-refractivity contribution < 1.29 is 9.00 Å². The average molecular weight is 309 g/mol. The Balaban J connectivity index is 2.70. The Morgan fingerprint density at radius 3 is 1.95 bits per heavy atom. The second kappa shape index (κ2) is 7.74. The van der Waals surface area contributed by atoms with Crippen molar-refractivity contribution in [3.05, 3.63) is 34.9 Å². The molecule has 1 aromatic carbocycles. The van der Waals surface area contributed by atoms with Crippen LogP contribution in [-0.2, 0) is 21.3 Å². The fourth-order valence-corrected chi connectivity index (χ4v) is 3.84. The Morgan fingerprint density at radius 2 is 1.52 bits per heavy atom. The van der Waals surface area contributed by atoms with Crippen LogP contribution in [0.5, 0.6) is 0 Å². The first-order chi connectivity index (χ1) is 9.70. The SMILES string of the molecule is Cc1cc(C)cc(CS(=O)CC(=O)N(C(C)C)C(C)C)c1. The number of carbonyl (C=O) groups is 1. The molecular formula is C17H27NO2S. The van der Waals surface area contributed by atoms with Crippen molar-refractivity contribution in [1.29, 1.82) is 0 Å². The lowest BCUT2D eigenvalue weighted by molar-refractivity contribution is -0.131. The first-order valence-electron chi connectivity index (χ1n) is 7.44. The van der Waals surface area contributed by atoms with E-state index in [1.54, 1.807) is 4.90 Å². The summed E-state index contributed by atoms with van der Waals surface area (Å²) in [6.45, 7) is 12.0. The Labute approximate surface area is 131 Å². The molecule has 0 fully saturated rings. The van der Waals surface area contributed by atoms with Gasteiger partial charge >= 0.3 is 0 Å². The van der Waals surface area contributed by atoms with Crippen molar-refractivity contribution in [2.24, 2.45) is 0 Å². The second-order valence-corrected chi connectivity index (χ2v) is 7.67. The van der Waals surface area contributed by atoms with E-state index in [0.29, 0.717) is 5.75 Å². The highest BCUT2D eigenvalue weighted by atomic mass is 32.2. The molecule has 1 atom stereocenters. The van der Waals surface area contributed by atoms with E-state index in [2.05, 4.69) is 6.07 Å². The van der Waals surface area contributed by atoms with Crippen molar-refractivity contribution in [2.45, 2.75) is 59.4 Å². The fourth-order valence-electron chi connectivity index (χ4n) is 2.77. The third kappa shape index (κ3) is 5.62. The minimum Gasteiger partial charge on any atom is -0.337 e. The lowest BCUT2D eigenvalue weighted by Gasteiger charge is -2.30. The molecule has 3 nitrogen and oxygen atoms in total.